The Bertz CT molecular complexity index is 587. The number of rotatable bonds is 6. The molecule has 0 fully saturated rings. The van der Waals surface area contributed by atoms with Gasteiger partial charge in [0.2, 0.25) is 0 Å². The van der Waals surface area contributed by atoms with Crippen molar-refractivity contribution in [2.75, 3.05) is 26.3 Å². The van der Waals surface area contributed by atoms with Gasteiger partial charge in [-0.25, -0.2) is 0 Å². The molecule has 4 nitrogen and oxygen atoms in total. The number of aromatic nitrogens is 1. The summed E-state index contributed by atoms with van der Waals surface area (Å²) in [5.41, 5.74) is 4.07. The first-order valence-electron chi connectivity index (χ1n) is 7.85. The quantitative estimate of drug-likeness (QED) is 0.831. The Hall–Kier alpha value is -1.36. The number of nitrogens with zero attached hydrogens (tertiary/aromatic N) is 1. The molecule has 0 saturated heterocycles. The van der Waals surface area contributed by atoms with Crippen LogP contribution in [0.4, 0.5) is 0 Å². The first-order valence-corrected chi connectivity index (χ1v) is 7.85. The number of H-pyrrole nitrogens is 1. The molecule has 2 heterocycles. The number of nitrogens with one attached hydrogen (secondary N) is 1. The van der Waals surface area contributed by atoms with Crippen LogP contribution in [-0.4, -0.2) is 42.5 Å². The highest BCUT2D eigenvalue weighted by Crippen LogP contribution is 2.27. The lowest BCUT2D eigenvalue weighted by Crippen LogP contribution is -2.38. The number of hydrogen-bond acceptors (Lipinski definition) is 3. The summed E-state index contributed by atoms with van der Waals surface area (Å²) in [5.74, 6) is 0. The van der Waals surface area contributed by atoms with E-state index in [2.05, 4.69) is 34.1 Å². The Balaban J connectivity index is 1.72. The largest absolute Gasteiger partial charge is 0.357 e. The van der Waals surface area contributed by atoms with E-state index in [9.17, 15) is 0 Å². The van der Waals surface area contributed by atoms with Gasteiger partial charge in [-0.2, -0.15) is 0 Å². The Kier molecular flexibility index (Phi) is 4.58. The zero-order valence-corrected chi connectivity index (χ0v) is 12.9. The molecule has 114 valence electrons. The van der Waals surface area contributed by atoms with Gasteiger partial charge >= 0.3 is 0 Å². The van der Waals surface area contributed by atoms with Gasteiger partial charge in [0.25, 0.3) is 0 Å². The van der Waals surface area contributed by atoms with Crippen molar-refractivity contribution in [1.82, 2.24) is 9.88 Å². The summed E-state index contributed by atoms with van der Waals surface area (Å²) in [6, 6.07) is 8.57. The van der Waals surface area contributed by atoms with Crippen LogP contribution in [0.15, 0.2) is 24.3 Å². The maximum Gasteiger partial charge on any atom is 0.170 e. The number of ether oxygens (including phenoxy) is 2. The molecule has 2 aromatic rings. The summed E-state index contributed by atoms with van der Waals surface area (Å²) in [5, 5.41) is 1.37. The topological polar surface area (TPSA) is 37.5 Å². The van der Waals surface area contributed by atoms with Gasteiger partial charge in [0, 0.05) is 49.4 Å². The molecule has 3 rings (SSSR count). The minimum Gasteiger partial charge on any atom is -0.357 e. The fraction of sp³-hybridized carbons (Fsp3) is 0.529. The maximum absolute atomic E-state index is 5.66. The first kappa shape index (κ1) is 14.6. The molecule has 0 aliphatic carbocycles. The van der Waals surface area contributed by atoms with Crippen molar-refractivity contribution in [3.05, 3.63) is 35.5 Å². The van der Waals surface area contributed by atoms with Crippen molar-refractivity contribution < 1.29 is 9.47 Å². The molecule has 1 aliphatic rings. The molecule has 0 spiro atoms. The van der Waals surface area contributed by atoms with E-state index in [1.165, 1.54) is 22.2 Å². The maximum atomic E-state index is 5.66. The van der Waals surface area contributed by atoms with Crippen molar-refractivity contribution in [2.45, 2.75) is 33.1 Å². The van der Waals surface area contributed by atoms with Gasteiger partial charge in [-0.3, -0.25) is 4.90 Å². The highest BCUT2D eigenvalue weighted by molar-refractivity contribution is 5.84. The van der Waals surface area contributed by atoms with Crippen LogP contribution in [0.3, 0.4) is 0 Å². The molecule has 0 amide bonds. The summed E-state index contributed by atoms with van der Waals surface area (Å²) in [6.45, 7) is 8.24. The van der Waals surface area contributed by atoms with E-state index in [0.29, 0.717) is 13.2 Å². The number of hydrogen-bond donors (Lipinski definition) is 1. The molecule has 0 unspecified atom stereocenters. The minimum atomic E-state index is -0.120. The first-order chi connectivity index (χ1) is 10.3. The third-order valence-electron chi connectivity index (χ3n) is 4.07. The standard InChI is InChI=1S/C17H24N2O2/c1-3-20-17(21-4-2)12-19-10-9-14-13-7-5-6-8-15(13)18-16(14)11-19/h5-8,17-18H,3-4,9-12H2,1-2H3. The molecule has 0 radical (unpaired) electrons. The molecule has 0 bridgehead atoms. The Morgan fingerprint density at radius 2 is 1.95 bits per heavy atom. The van der Waals surface area contributed by atoms with E-state index in [4.69, 9.17) is 9.47 Å². The minimum absolute atomic E-state index is 0.120. The fourth-order valence-electron chi connectivity index (χ4n) is 3.14. The molecule has 4 heteroatoms. The summed E-state index contributed by atoms with van der Waals surface area (Å²) in [7, 11) is 0. The average molecular weight is 288 g/mol. The third-order valence-corrected chi connectivity index (χ3v) is 4.07. The van der Waals surface area contributed by atoms with Crippen molar-refractivity contribution in [3.63, 3.8) is 0 Å². The number of fused-ring (bicyclic) bond motifs is 3. The lowest BCUT2D eigenvalue weighted by Gasteiger charge is -2.30. The van der Waals surface area contributed by atoms with Crippen molar-refractivity contribution in [2.24, 2.45) is 0 Å². The van der Waals surface area contributed by atoms with Gasteiger partial charge < -0.3 is 14.5 Å². The van der Waals surface area contributed by atoms with E-state index in [-0.39, 0.29) is 6.29 Å². The third kappa shape index (κ3) is 3.12. The second-order valence-corrected chi connectivity index (χ2v) is 5.45. The zero-order valence-electron chi connectivity index (χ0n) is 12.9. The van der Waals surface area contributed by atoms with Crippen LogP contribution < -0.4 is 0 Å². The highest BCUT2D eigenvalue weighted by atomic mass is 16.7. The lowest BCUT2D eigenvalue weighted by molar-refractivity contribution is -0.148. The summed E-state index contributed by atoms with van der Waals surface area (Å²) < 4.78 is 11.3. The molecule has 1 aromatic heterocycles. The summed E-state index contributed by atoms with van der Waals surface area (Å²) in [6.07, 6.45) is 0.968. The number of aromatic amines is 1. The Labute approximate surface area is 126 Å². The second-order valence-electron chi connectivity index (χ2n) is 5.45. The van der Waals surface area contributed by atoms with Crippen molar-refractivity contribution in [1.29, 1.82) is 0 Å². The van der Waals surface area contributed by atoms with Crippen LogP contribution in [0, 0.1) is 0 Å². The normalized spacial score (nSPS) is 15.8. The SMILES string of the molecule is CCOC(CN1CCc2c([nH]c3ccccc23)C1)OCC. The van der Waals surface area contributed by atoms with Crippen LogP contribution in [0.25, 0.3) is 10.9 Å². The molecule has 1 aromatic carbocycles. The fourth-order valence-corrected chi connectivity index (χ4v) is 3.14. The van der Waals surface area contributed by atoms with Gasteiger partial charge in [0.15, 0.2) is 6.29 Å². The van der Waals surface area contributed by atoms with Crippen LogP contribution in [0.2, 0.25) is 0 Å². The molecular weight excluding hydrogens is 264 g/mol. The molecular formula is C17H24N2O2. The van der Waals surface area contributed by atoms with E-state index >= 15 is 0 Å². The van der Waals surface area contributed by atoms with E-state index in [1.807, 2.05) is 13.8 Å². The number of para-hydroxylation sites is 1. The van der Waals surface area contributed by atoms with E-state index < -0.39 is 0 Å². The lowest BCUT2D eigenvalue weighted by atomic mass is 10.0. The Morgan fingerprint density at radius 3 is 2.71 bits per heavy atom. The van der Waals surface area contributed by atoms with Crippen LogP contribution in [0.1, 0.15) is 25.1 Å². The predicted octanol–water partition coefficient (Wildman–Crippen LogP) is 2.93. The summed E-state index contributed by atoms with van der Waals surface area (Å²) in [4.78, 5) is 5.97. The van der Waals surface area contributed by atoms with Crippen molar-refractivity contribution in [3.8, 4) is 0 Å². The molecule has 0 atom stereocenters. The molecule has 1 aliphatic heterocycles. The second kappa shape index (κ2) is 6.60. The zero-order chi connectivity index (χ0) is 14.7. The Morgan fingerprint density at radius 1 is 1.19 bits per heavy atom. The van der Waals surface area contributed by atoms with E-state index in [1.54, 1.807) is 0 Å². The smallest absolute Gasteiger partial charge is 0.170 e. The van der Waals surface area contributed by atoms with E-state index in [0.717, 1.165) is 26.1 Å². The van der Waals surface area contributed by atoms with Gasteiger partial charge in [-0.05, 0) is 31.9 Å². The highest BCUT2D eigenvalue weighted by Gasteiger charge is 2.22. The molecule has 0 saturated carbocycles. The van der Waals surface area contributed by atoms with Crippen molar-refractivity contribution >= 4 is 10.9 Å². The van der Waals surface area contributed by atoms with Crippen LogP contribution >= 0.6 is 0 Å². The van der Waals surface area contributed by atoms with Gasteiger partial charge in [0.1, 0.15) is 0 Å². The van der Waals surface area contributed by atoms with Gasteiger partial charge in [-0.1, -0.05) is 18.2 Å². The van der Waals surface area contributed by atoms with Gasteiger partial charge in [-0.15, -0.1) is 0 Å². The summed E-state index contributed by atoms with van der Waals surface area (Å²) >= 11 is 0. The monoisotopic (exact) mass is 288 g/mol. The number of benzene rings is 1. The molecule has 1 N–H and O–H groups in total. The predicted molar refractivity (Wildman–Crippen MR) is 84.3 cm³/mol. The van der Waals surface area contributed by atoms with Gasteiger partial charge in [0.05, 0.1) is 0 Å². The molecule has 21 heavy (non-hydrogen) atoms. The van der Waals surface area contributed by atoms with Crippen LogP contribution in [-0.2, 0) is 22.4 Å². The average Bonchev–Trinajstić information content (AvgIpc) is 2.85. The van der Waals surface area contributed by atoms with Crippen LogP contribution in [0.5, 0.6) is 0 Å².